The molecule has 1 aromatic heterocycles. The second-order valence-corrected chi connectivity index (χ2v) is 7.34. The first-order chi connectivity index (χ1) is 9.88. The van der Waals surface area contributed by atoms with E-state index in [9.17, 15) is 9.90 Å². The van der Waals surface area contributed by atoms with Gasteiger partial charge in [-0.15, -0.1) is 11.3 Å². The number of carbonyl (C=O) groups is 1. The maximum absolute atomic E-state index is 12.3. The molecule has 6 heteroatoms. The van der Waals surface area contributed by atoms with Crippen LogP contribution in [0, 0.1) is 20.8 Å². The van der Waals surface area contributed by atoms with Gasteiger partial charge in [-0.1, -0.05) is 15.9 Å². The fourth-order valence-corrected chi connectivity index (χ4v) is 4.19. The molecular formula is C15H15BrN2O2S. The molecule has 1 aromatic carbocycles. The Morgan fingerprint density at radius 3 is 2.67 bits per heavy atom. The molecule has 1 amide bonds. The first-order valence-corrected chi connectivity index (χ1v) is 8.16. The second-order valence-electron chi connectivity index (χ2n) is 5.20. The number of anilines is 1. The predicted octanol–water partition coefficient (Wildman–Crippen LogP) is 4.00. The fraction of sp³-hybridized carbons (Fsp3) is 0.267. The standard InChI is InChI=1S/C15H15BrN2O2S/c1-6-4-9(16)5-10(12(6)19)13-17-14(20)11-7(2)8(3)21-15(11)18-13/h4-5,13,18-19H,1-3H3,(H,17,20). The highest BCUT2D eigenvalue weighted by molar-refractivity contribution is 9.10. The van der Waals surface area contributed by atoms with E-state index >= 15 is 0 Å². The van der Waals surface area contributed by atoms with Gasteiger partial charge in [0.25, 0.3) is 5.91 Å². The van der Waals surface area contributed by atoms with E-state index in [2.05, 4.69) is 26.6 Å². The normalized spacial score (nSPS) is 17.1. The van der Waals surface area contributed by atoms with Crippen LogP contribution in [0.1, 0.15) is 38.1 Å². The number of aromatic hydroxyl groups is 1. The van der Waals surface area contributed by atoms with Crippen LogP contribution >= 0.6 is 27.3 Å². The average Bonchev–Trinajstić information content (AvgIpc) is 2.69. The molecule has 4 nitrogen and oxygen atoms in total. The molecule has 0 saturated carbocycles. The van der Waals surface area contributed by atoms with Crippen LogP contribution in [0.25, 0.3) is 0 Å². The smallest absolute Gasteiger partial charge is 0.256 e. The van der Waals surface area contributed by atoms with E-state index in [1.807, 2.05) is 32.9 Å². The van der Waals surface area contributed by atoms with Gasteiger partial charge in [0.15, 0.2) is 0 Å². The SMILES string of the molecule is Cc1cc(Br)cc(C2NC(=O)c3c(sc(C)c3C)N2)c1O. The van der Waals surface area contributed by atoms with Crippen molar-refractivity contribution >= 4 is 38.2 Å². The van der Waals surface area contributed by atoms with Crippen LogP contribution in [0.3, 0.4) is 0 Å². The molecule has 2 aromatic rings. The van der Waals surface area contributed by atoms with Gasteiger partial charge in [-0.25, -0.2) is 0 Å². The van der Waals surface area contributed by atoms with E-state index in [0.29, 0.717) is 11.1 Å². The first-order valence-electron chi connectivity index (χ1n) is 6.55. The lowest BCUT2D eigenvalue weighted by molar-refractivity contribution is 0.0935. The van der Waals surface area contributed by atoms with Crippen LogP contribution in [-0.4, -0.2) is 11.0 Å². The van der Waals surface area contributed by atoms with Crippen LogP contribution in [0.2, 0.25) is 0 Å². The topological polar surface area (TPSA) is 61.4 Å². The lowest BCUT2D eigenvalue weighted by Crippen LogP contribution is -2.38. The monoisotopic (exact) mass is 366 g/mol. The number of hydrogen-bond donors (Lipinski definition) is 3. The molecule has 3 N–H and O–H groups in total. The molecule has 3 rings (SSSR count). The molecule has 1 aliphatic rings. The Kier molecular flexibility index (Phi) is 3.45. The Balaban J connectivity index is 2.06. The Morgan fingerprint density at radius 1 is 1.24 bits per heavy atom. The van der Waals surface area contributed by atoms with Crippen molar-refractivity contribution in [3.05, 3.63) is 43.7 Å². The van der Waals surface area contributed by atoms with Crippen molar-refractivity contribution in [3.8, 4) is 5.75 Å². The van der Waals surface area contributed by atoms with E-state index in [4.69, 9.17) is 0 Å². The van der Waals surface area contributed by atoms with Gasteiger partial charge in [0, 0.05) is 14.9 Å². The van der Waals surface area contributed by atoms with Gasteiger partial charge in [0.2, 0.25) is 0 Å². The van der Waals surface area contributed by atoms with Crippen LogP contribution in [0.4, 0.5) is 5.00 Å². The van der Waals surface area contributed by atoms with Crippen molar-refractivity contribution in [3.63, 3.8) is 0 Å². The van der Waals surface area contributed by atoms with Crippen LogP contribution in [-0.2, 0) is 0 Å². The van der Waals surface area contributed by atoms with Gasteiger partial charge in [-0.2, -0.15) is 0 Å². The number of phenolic OH excluding ortho intramolecular Hbond substituents is 1. The molecule has 21 heavy (non-hydrogen) atoms. The minimum atomic E-state index is -0.432. The molecule has 0 fully saturated rings. The van der Waals surface area contributed by atoms with E-state index in [1.165, 1.54) is 0 Å². The number of fused-ring (bicyclic) bond motifs is 1. The number of hydrogen-bond acceptors (Lipinski definition) is 4. The van der Waals surface area contributed by atoms with Crippen molar-refractivity contribution in [1.29, 1.82) is 0 Å². The summed E-state index contributed by atoms with van der Waals surface area (Å²) in [5, 5.41) is 17.3. The zero-order valence-corrected chi connectivity index (χ0v) is 14.3. The first kappa shape index (κ1) is 14.4. The van der Waals surface area contributed by atoms with Gasteiger partial charge < -0.3 is 15.7 Å². The summed E-state index contributed by atoms with van der Waals surface area (Å²) in [7, 11) is 0. The lowest BCUT2D eigenvalue weighted by Gasteiger charge is -2.27. The highest BCUT2D eigenvalue weighted by atomic mass is 79.9. The summed E-state index contributed by atoms with van der Waals surface area (Å²) >= 11 is 5.00. The number of thiophene rings is 1. The third-order valence-corrected chi connectivity index (χ3v) is 5.37. The maximum atomic E-state index is 12.3. The van der Waals surface area contributed by atoms with Gasteiger partial charge in [0.05, 0.1) is 5.56 Å². The third-order valence-electron chi connectivity index (χ3n) is 3.77. The fourth-order valence-electron chi connectivity index (χ4n) is 2.51. The quantitative estimate of drug-likeness (QED) is 0.714. The molecule has 2 heterocycles. The number of amides is 1. The van der Waals surface area contributed by atoms with Crippen molar-refractivity contribution in [2.75, 3.05) is 5.32 Å². The zero-order chi connectivity index (χ0) is 15.3. The largest absolute Gasteiger partial charge is 0.507 e. The number of carbonyl (C=O) groups excluding carboxylic acids is 1. The molecular weight excluding hydrogens is 352 g/mol. The summed E-state index contributed by atoms with van der Waals surface area (Å²) in [5.41, 5.74) is 3.14. The summed E-state index contributed by atoms with van der Waals surface area (Å²) in [4.78, 5) is 13.5. The minimum Gasteiger partial charge on any atom is -0.507 e. The Morgan fingerprint density at radius 2 is 1.95 bits per heavy atom. The Bertz CT molecular complexity index is 755. The molecule has 0 radical (unpaired) electrons. The van der Waals surface area contributed by atoms with Gasteiger partial charge >= 0.3 is 0 Å². The number of benzene rings is 1. The second kappa shape index (κ2) is 5.03. The predicted molar refractivity (Wildman–Crippen MR) is 88.2 cm³/mol. The number of aryl methyl sites for hydroxylation is 2. The van der Waals surface area contributed by atoms with Gasteiger partial charge in [-0.05, 0) is 44.0 Å². The van der Waals surface area contributed by atoms with E-state index in [-0.39, 0.29) is 11.7 Å². The van der Waals surface area contributed by atoms with E-state index < -0.39 is 6.17 Å². The summed E-state index contributed by atoms with van der Waals surface area (Å²) in [5.74, 6) is 0.0945. The third kappa shape index (κ3) is 2.32. The van der Waals surface area contributed by atoms with Crippen LogP contribution in [0.15, 0.2) is 16.6 Å². The summed E-state index contributed by atoms with van der Waals surface area (Å²) in [6.07, 6.45) is -0.432. The Labute approximate surface area is 135 Å². The molecule has 110 valence electrons. The number of rotatable bonds is 1. The van der Waals surface area contributed by atoms with Gasteiger partial charge in [-0.3, -0.25) is 4.79 Å². The molecule has 0 aliphatic carbocycles. The lowest BCUT2D eigenvalue weighted by atomic mass is 10.0. The van der Waals surface area contributed by atoms with Gasteiger partial charge in [0.1, 0.15) is 16.9 Å². The number of halogens is 1. The minimum absolute atomic E-state index is 0.104. The highest BCUT2D eigenvalue weighted by Crippen LogP contribution is 2.39. The van der Waals surface area contributed by atoms with E-state index in [1.54, 1.807) is 11.3 Å². The maximum Gasteiger partial charge on any atom is 0.256 e. The van der Waals surface area contributed by atoms with Crippen molar-refractivity contribution in [1.82, 2.24) is 5.32 Å². The molecule has 1 atom stereocenters. The average molecular weight is 367 g/mol. The molecule has 0 spiro atoms. The van der Waals surface area contributed by atoms with Crippen molar-refractivity contribution < 1.29 is 9.90 Å². The number of phenols is 1. The zero-order valence-electron chi connectivity index (χ0n) is 11.9. The summed E-state index contributed by atoms with van der Waals surface area (Å²) in [6, 6.07) is 3.66. The van der Waals surface area contributed by atoms with E-state index in [0.717, 1.165) is 25.5 Å². The van der Waals surface area contributed by atoms with Crippen LogP contribution < -0.4 is 10.6 Å². The van der Waals surface area contributed by atoms with Crippen molar-refractivity contribution in [2.24, 2.45) is 0 Å². The highest BCUT2D eigenvalue weighted by Gasteiger charge is 2.30. The molecule has 1 aliphatic heterocycles. The molecule has 1 unspecified atom stereocenters. The van der Waals surface area contributed by atoms with Crippen molar-refractivity contribution in [2.45, 2.75) is 26.9 Å². The molecule has 0 saturated heterocycles. The summed E-state index contributed by atoms with van der Waals surface area (Å²) in [6.45, 7) is 5.79. The number of nitrogens with one attached hydrogen (secondary N) is 2. The summed E-state index contributed by atoms with van der Waals surface area (Å²) < 4.78 is 0.869. The Hall–Kier alpha value is -1.53. The van der Waals surface area contributed by atoms with Crippen LogP contribution in [0.5, 0.6) is 5.75 Å². The molecule has 0 bridgehead atoms.